The lowest BCUT2D eigenvalue weighted by Crippen LogP contribution is -2.48. The van der Waals surface area contributed by atoms with Gasteiger partial charge in [-0.1, -0.05) is 54.6 Å². The van der Waals surface area contributed by atoms with Crippen LogP contribution in [0.15, 0.2) is 78.1 Å². The SMILES string of the molecule is COC1=CC=C(C=C(c2ccccc2)c2cccc3c2CNC3)C(S(=O)(=O)O)(S(=O)(=O)O)C1. The molecule has 10 heteroatoms. The highest BCUT2D eigenvalue weighted by Crippen LogP contribution is 2.43. The Morgan fingerprint density at radius 3 is 2.30 bits per heavy atom. The third-order valence-electron chi connectivity index (χ3n) is 5.96. The van der Waals surface area contributed by atoms with Crippen molar-refractivity contribution >= 4 is 25.8 Å². The van der Waals surface area contributed by atoms with Gasteiger partial charge < -0.3 is 10.1 Å². The van der Waals surface area contributed by atoms with E-state index in [4.69, 9.17) is 4.74 Å². The van der Waals surface area contributed by atoms with Crippen molar-refractivity contribution in [1.29, 1.82) is 0 Å². The molecule has 3 N–H and O–H groups in total. The fraction of sp³-hybridized carbons (Fsp3) is 0.217. The molecule has 2 aliphatic rings. The molecule has 0 spiro atoms. The van der Waals surface area contributed by atoms with Crippen molar-refractivity contribution in [2.24, 2.45) is 0 Å². The van der Waals surface area contributed by atoms with Crippen LogP contribution in [-0.2, 0) is 38.1 Å². The second kappa shape index (κ2) is 8.54. The van der Waals surface area contributed by atoms with Gasteiger partial charge in [0.05, 0.1) is 12.9 Å². The van der Waals surface area contributed by atoms with Crippen LogP contribution in [0.2, 0.25) is 0 Å². The van der Waals surface area contributed by atoms with Crippen LogP contribution in [0.1, 0.15) is 28.7 Å². The number of hydrogen-bond acceptors (Lipinski definition) is 6. The molecule has 2 aromatic carbocycles. The van der Waals surface area contributed by atoms with E-state index < -0.39 is 30.7 Å². The number of allylic oxidation sites excluding steroid dienone is 4. The van der Waals surface area contributed by atoms with Crippen LogP contribution >= 0.6 is 0 Å². The van der Waals surface area contributed by atoms with E-state index in [1.807, 2.05) is 48.5 Å². The van der Waals surface area contributed by atoms with Gasteiger partial charge >= 0.3 is 0 Å². The molecule has 0 bridgehead atoms. The standard InChI is InChI=1S/C23H23NO7S2/c1-31-19-11-10-18(23(13-19,32(25,26)27)33(28,29)30)12-21(16-6-3-2-4-7-16)20-9-5-8-17-14-24-15-22(17)20/h2-12,24H,13-15H2,1H3,(H,25,26,27)(H,28,29,30). The third-order valence-corrected chi connectivity index (χ3v) is 9.65. The molecule has 0 aromatic heterocycles. The minimum atomic E-state index is -5.34. The monoisotopic (exact) mass is 489 g/mol. The number of fused-ring (bicyclic) bond motifs is 1. The maximum Gasteiger partial charge on any atom is 0.292 e. The van der Waals surface area contributed by atoms with Crippen LogP contribution in [0.3, 0.4) is 0 Å². The van der Waals surface area contributed by atoms with Gasteiger partial charge in [-0.2, -0.15) is 16.8 Å². The molecule has 0 fully saturated rings. The molecule has 174 valence electrons. The quantitative estimate of drug-likeness (QED) is 0.528. The number of methoxy groups -OCH3 is 1. The summed E-state index contributed by atoms with van der Waals surface area (Å²) in [4.78, 5) is 0. The average molecular weight is 490 g/mol. The number of nitrogens with one attached hydrogen (secondary N) is 1. The lowest BCUT2D eigenvalue weighted by molar-refractivity contribution is 0.269. The minimum Gasteiger partial charge on any atom is -0.501 e. The molecule has 4 rings (SSSR count). The molecule has 1 aliphatic heterocycles. The van der Waals surface area contributed by atoms with E-state index in [0.717, 1.165) is 16.7 Å². The van der Waals surface area contributed by atoms with Crippen molar-refractivity contribution in [1.82, 2.24) is 5.32 Å². The summed E-state index contributed by atoms with van der Waals surface area (Å²) in [5.74, 6) is -0.0199. The Labute approximate surface area is 192 Å². The molecule has 0 radical (unpaired) electrons. The van der Waals surface area contributed by atoms with Gasteiger partial charge in [0.15, 0.2) is 0 Å². The second-order valence-electron chi connectivity index (χ2n) is 7.81. The first-order valence-electron chi connectivity index (χ1n) is 10.1. The molecular weight excluding hydrogens is 466 g/mol. The summed E-state index contributed by atoms with van der Waals surface area (Å²) >= 11 is 0. The molecule has 8 nitrogen and oxygen atoms in total. The molecule has 0 atom stereocenters. The van der Waals surface area contributed by atoms with Gasteiger partial charge in [-0.3, -0.25) is 9.11 Å². The Kier molecular flexibility index (Phi) is 6.06. The molecule has 2 aromatic rings. The maximum absolute atomic E-state index is 12.5. The van der Waals surface area contributed by atoms with Crippen LogP contribution in [0, 0.1) is 0 Å². The van der Waals surface area contributed by atoms with E-state index in [-0.39, 0.29) is 11.3 Å². The fourth-order valence-corrected chi connectivity index (χ4v) is 6.85. The number of hydrogen-bond donors (Lipinski definition) is 3. The molecule has 1 aliphatic carbocycles. The van der Waals surface area contributed by atoms with Crippen LogP contribution in [0.25, 0.3) is 5.57 Å². The summed E-state index contributed by atoms with van der Waals surface area (Å²) in [5.41, 5.74) is 3.82. The number of ether oxygens (including phenoxy) is 1. The van der Waals surface area contributed by atoms with Crippen molar-refractivity contribution < 1.29 is 30.7 Å². The summed E-state index contributed by atoms with van der Waals surface area (Å²) < 4.78 is 72.3. The first-order chi connectivity index (χ1) is 15.6. The van der Waals surface area contributed by atoms with Gasteiger partial charge in [-0.25, -0.2) is 0 Å². The largest absolute Gasteiger partial charge is 0.501 e. The Morgan fingerprint density at radius 1 is 0.970 bits per heavy atom. The van der Waals surface area contributed by atoms with Crippen molar-refractivity contribution in [3.05, 3.63) is 100 Å². The highest BCUT2D eigenvalue weighted by atomic mass is 32.3. The summed E-state index contributed by atoms with van der Waals surface area (Å²) in [6.45, 7) is 1.26. The zero-order valence-electron chi connectivity index (χ0n) is 17.7. The predicted octanol–water partition coefficient (Wildman–Crippen LogP) is 3.05. The van der Waals surface area contributed by atoms with Gasteiger partial charge in [0, 0.05) is 19.5 Å². The van der Waals surface area contributed by atoms with Crippen molar-refractivity contribution in [3.63, 3.8) is 0 Å². The van der Waals surface area contributed by atoms with Crippen molar-refractivity contribution in [2.45, 2.75) is 23.6 Å². The second-order valence-corrected chi connectivity index (χ2v) is 11.4. The van der Waals surface area contributed by atoms with E-state index in [1.54, 1.807) is 0 Å². The summed E-state index contributed by atoms with van der Waals surface area (Å²) in [7, 11) is -9.44. The van der Waals surface area contributed by atoms with Gasteiger partial charge in [0.2, 0.25) is 0 Å². The van der Waals surface area contributed by atoms with Crippen molar-refractivity contribution in [3.8, 4) is 0 Å². The highest BCUT2D eigenvalue weighted by molar-refractivity contribution is 8.05. The fourth-order valence-electron chi connectivity index (χ4n) is 4.29. The van der Waals surface area contributed by atoms with Crippen LogP contribution in [-0.4, -0.2) is 37.1 Å². The number of benzene rings is 2. The highest BCUT2D eigenvalue weighted by Gasteiger charge is 2.58. The van der Waals surface area contributed by atoms with E-state index >= 15 is 0 Å². The zero-order valence-corrected chi connectivity index (χ0v) is 19.4. The minimum absolute atomic E-state index is 0.0199. The Hall–Kier alpha value is -2.76. The van der Waals surface area contributed by atoms with Crippen LogP contribution in [0.4, 0.5) is 0 Å². The molecule has 33 heavy (non-hydrogen) atoms. The summed E-state index contributed by atoms with van der Waals surface area (Å²) in [6, 6.07) is 14.8. The topological polar surface area (TPSA) is 130 Å². The molecule has 0 amide bonds. The third kappa shape index (κ3) is 4.04. The van der Waals surface area contributed by atoms with Crippen molar-refractivity contribution in [2.75, 3.05) is 7.11 Å². The van der Waals surface area contributed by atoms with E-state index in [9.17, 15) is 25.9 Å². The van der Waals surface area contributed by atoms with Gasteiger partial charge in [0.25, 0.3) is 24.3 Å². The first kappa shape index (κ1) is 23.4. The van der Waals surface area contributed by atoms with E-state index in [2.05, 4.69) is 5.32 Å². The predicted molar refractivity (Wildman–Crippen MR) is 124 cm³/mol. The summed E-state index contributed by atoms with van der Waals surface area (Å²) in [5, 5.41) is 3.28. The molecule has 0 saturated heterocycles. The first-order valence-corrected chi connectivity index (χ1v) is 12.9. The van der Waals surface area contributed by atoms with E-state index in [1.165, 1.54) is 25.3 Å². The molecule has 0 saturated carbocycles. The maximum atomic E-state index is 12.5. The number of rotatable bonds is 6. The van der Waals surface area contributed by atoms with Crippen LogP contribution in [0.5, 0.6) is 0 Å². The lowest BCUT2D eigenvalue weighted by atomic mass is 9.89. The Morgan fingerprint density at radius 2 is 1.67 bits per heavy atom. The van der Waals surface area contributed by atoms with Gasteiger partial charge in [0.1, 0.15) is 0 Å². The Balaban J connectivity index is 2.05. The molecule has 0 unspecified atom stereocenters. The van der Waals surface area contributed by atoms with Crippen LogP contribution < -0.4 is 5.32 Å². The smallest absolute Gasteiger partial charge is 0.292 e. The lowest BCUT2D eigenvalue weighted by Gasteiger charge is -2.32. The average Bonchev–Trinajstić information content (AvgIpc) is 3.25. The summed E-state index contributed by atoms with van der Waals surface area (Å²) in [6.07, 6.45) is 3.27. The zero-order chi connectivity index (χ0) is 23.9. The molecular formula is C23H23NO7S2. The molecule has 1 heterocycles. The van der Waals surface area contributed by atoms with Gasteiger partial charge in [-0.05, 0) is 45.6 Å². The Bertz CT molecular complexity index is 1360. The van der Waals surface area contributed by atoms with Gasteiger partial charge in [-0.15, -0.1) is 0 Å². The van der Waals surface area contributed by atoms with E-state index in [0.29, 0.717) is 24.2 Å². The normalized spacial score (nSPS) is 18.3.